The second-order valence-electron chi connectivity index (χ2n) is 5.97. The first-order valence-electron chi connectivity index (χ1n) is 7.97. The molecule has 2 aromatic rings. The van der Waals surface area contributed by atoms with E-state index in [9.17, 15) is 8.78 Å². The highest BCUT2D eigenvalue weighted by molar-refractivity contribution is 5.30. The standard InChI is InChI=1S/C18H21F2N3/c1-13-3-6-17(22-12-13)18(23-9-2-7-21-8-10-23)15-5-4-14(19)11-16(15)20/h3-6,11-12,18,21H,2,7-10H2,1H3. The van der Waals surface area contributed by atoms with Crippen molar-refractivity contribution in [3.05, 3.63) is 65.0 Å². The topological polar surface area (TPSA) is 28.2 Å². The summed E-state index contributed by atoms with van der Waals surface area (Å²) in [7, 11) is 0. The Hall–Kier alpha value is -1.85. The Labute approximate surface area is 135 Å². The predicted octanol–water partition coefficient (Wildman–Crippen LogP) is 3.05. The molecule has 1 aliphatic rings. The van der Waals surface area contributed by atoms with Crippen molar-refractivity contribution in [1.82, 2.24) is 15.2 Å². The highest BCUT2D eigenvalue weighted by atomic mass is 19.1. The van der Waals surface area contributed by atoms with E-state index >= 15 is 0 Å². The van der Waals surface area contributed by atoms with Gasteiger partial charge in [0.25, 0.3) is 0 Å². The van der Waals surface area contributed by atoms with E-state index in [4.69, 9.17) is 0 Å². The second-order valence-corrected chi connectivity index (χ2v) is 5.97. The van der Waals surface area contributed by atoms with Gasteiger partial charge in [-0.25, -0.2) is 8.78 Å². The molecule has 3 rings (SSSR count). The predicted molar refractivity (Wildman–Crippen MR) is 86.2 cm³/mol. The van der Waals surface area contributed by atoms with Gasteiger partial charge in [0.15, 0.2) is 0 Å². The summed E-state index contributed by atoms with van der Waals surface area (Å²) in [5.74, 6) is -1.08. The van der Waals surface area contributed by atoms with Gasteiger partial charge in [-0.3, -0.25) is 9.88 Å². The molecule has 0 radical (unpaired) electrons. The van der Waals surface area contributed by atoms with Crippen molar-refractivity contribution >= 4 is 0 Å². The van der Waals surface area contributed by atoms with E-state index < -0.39 is 11.6 Å². The molecule has 5 heteroatoms. The highest BCUT2D eigenvalue weighted by Crippen LogP contribution is 2.30. The van der Waals surface area contributed by atoms with Gasteiger partial charge in [0.2, 0.25) is 0 Å². The normalized spacial score (nSPS) is 17.7. The lowest BCUT2D eigenvalue weighted by molar-refractivity contribution is 0.233. The molecule has 23 heavy (non-hydrogen) atoms. The maximum absolute atomic E-state index is 14.4. The van der Waals surface area contributed by atoms with E-state index in [-0.39, 0.29) is 6.04 Å². The number of hydrogen-bond acceptors (Lipinski definition) is 3. The average molecular weight is 317 g/mol. The Morgan fingerprint density at radius 3 is 2.74 bits per heavy atom. The van der Waals surface area contributed by atoms with Crippen molar-refractivity contribution in [2.75, 3.05) is 26.2 Å². The van der Waals surface area contributed by atoms with Gasteiger partial charge in [0.1, 0.15) is 11.6 Å². The summed E-state index contributed by atoms with van der Waals surface area (Å²) in [6.07, 6.45) is 2.78. The van der Waals surface area contributed by atoms with E-state index in [0.717, 1.165) is 49.9 Å². The fraction of sp³-hybridized carbons (Fsp3) is 0.389. The lowest BCUT2D eigenvalue weighted by Crippen LogP contribution is -2.34. The second kappa shape index (κ2) is 7.15. The first-order valence-corrected chi connectivity index (χ1v) is 7.97. The van der Waals surface area contributed by atoms with Crippen LogP contribution in [0.15, 0.2) is 36.5 Å². The van der Waals surface area contributed by atoms with Crippen LogP contribution >= 0.6 is 0 Å². The van der Waals surface area contributed by atoms with E-state index in [1.807, 2.05) is 19.1 Å². The molecule has 0 aliphatic carbocycles. The van der Waals surface area contributed by atoms with Crippen LogP contribution in [0.25, 0.3) is 0 Å². The van der Waals surface area contributed by atoms with Crippen molar-refractivity contribution in [1.29, 1.82) is 0 Å². The van der Waals surface area contributed by atoms with Gasteiger partial charge in [-0.1, -0.05) is 12.1 Å². The van der Waals surface area contributed by atoms with Crippen molar-refractivity contribution in [2.45, 2.75) is 19.4 Å². The molecule has 1 saturated heterocycles. The van der Waals surface area contributed by atoms with Crippen LogP contribution in [0.2, 0.25) is 0 Å². The first-order chi connectivity index (χ1) is 11.1. The number of nitrogens with zero attached hydrogens (tertiary/aromatic N) is 2. The molecular formula is C18H21F2N3. The summed E-state index contributed by atoms with van der Waals surface area (Å²) in [6, 6.07) is 7.42. The van der Waals surface area contributed by atoms with Crippen LogP contribution in [0, 0.1) is 18.6 Å². The number of hydrogen-bond donors (Lipinski definition) is 1. The number of pyridine rings is 1. The summed E-state index contributed by atoms with van der Waals surface area (Å²) in [5, 5.41) is 3.35. The van der Waals surface area contributed by atoms with Gasteiger partial charge in [0, 0.05) is 37.5 Å². The van der Waals surface area contributed by atoms with Gasteiger partial charge in [-0.2, -0.15) is 0 Å². The summed E-state index contributed by atoms with van der Waals surface area (Å²) in [5.41, 5.74) is 2.33. The molecule has 1 atom stereocenters. The number of halogens is 2. The monoisotopic (exact) mass is 317 g/mol. The van der Waals surface area contributed by atoms with E-state index in [2.05, 4.69) is 15.2 Å². The minimum atomic E-state index is -0.556. The third kappa shape index (κ3) is 3.74. The number of benzene rings is 1. The quantitative estimate of drug-likeness (QED) is 0.943. The molecule has 0 saturated carbocycles. The number of rotatable bonds is 3. The van der Waals surface area contributed by atoms with Crippen molar-refractivity contribution < 1.29 is 8.78 Å². The minimum absolute atomic E-state index is 0.295. The van der Waals surface area contributed by atoms with E-state index in [1.54, 1.807) is 6.20 Å². The zero-order chi connectivity index (χ0) is 16.2. The van der Waals surface area contributed by atoms with Gasteiger partial charge >= 0.3 is 0 Å². The van der Waals surface area contributed by atoms with Crippen LogP contribution in [-0.4, -0.2) is 36.1 Å². The minimum Gasteiger partial charge on any atom is -0.315 e. The molecule has 1 N–H and O–H groups in total. The molecule has 2 heterocycles. The lowest BCUT2D eigenvalue weighted by atomic mass is 9.99. The number of nitrogens with one attached hydrogen (secondary N) is 1. The van der Waals surface area contributed by atoms with Crippen LogP contribution in [0.1, 0.15) is 29.3 Å². The van der Waals surface area contributed by atoms with Crippen LogP contribution in [0.4, 0.5) is 8.78 Å². The van der Waals surface area contributed by atoms with Crippen LogP contribution in [-0.2, 0) is 0 Å². The van der Waals surface area contributed by atoms with Crippen molar-refractivity contribution in [2.24, 2.45) is 0 Å². The molecule has 0 bridgehead atoms. The zero-order valence-corrected chi connectivity index (χ0v) is 13.2. The van der Waals surface area contributed by atoms with Gasteiger partial charge < -0.3 is 5.32 Å². The molecule has 0 spiro atoms. The maximum atomic E-state index is 14.4. The third-order valence-electron chi connectivity index (χ3n) is 4.21. The fourth-order valence-electron chi connectivity index (χ4n) is 3.03. The van der Waals surface area contributed by atoms with Crippen LogP contribution in [0.5, 0.6) is 0 Å². The summed E-state index contributed by atoms with van der Waals surface area (Å²) in [4.78, 5) is 6.72. The van der Waals surface area contributed by atoms with Crippen molar-refractivity contribution in [3.8, 4) is 0 Å². The van der Waals surface area contributed by atoms with Gasteiger partial charge in [-0.05, 0) is 37.6 Å². The van der Waals surface area contributed by atoms with Gasteiger partial charge in [0.05, 0.1) is 11.7 Å². The largest absolute Gasteiger partial charge is 0.315 e. The molecular weight excluding hydrogens is 296 g/mol. The van der Waals surface area contributed by atoms with Gasteiger partial charge in [-0.15, -0.1) is 0 Å². The maximum Gasteiger partial charge on any atom is 0.131 e. The lowest BCUT2D eigenvalue weighted by Gasteiger charge is -2.30. The van der Waals surface area contributed by atoms with E-state index in [0.29, 0.717) is 5.56 Å². The Bertz CT molecular complexity index is 650. The Kier molecular flexibility index (Phi) is 4.98. The SMILES string of the molecule is Cc1ccc(C(c2ccc(F)cc2F)N2CCCNCC2)nc1. The van der Waals surface area contributed by atoms with Crippen molar-refractivity contribution in [3.63, 3.8) is 0 Å². The van der Waals surface area contributed by atoms with E-state index in [1.165, 1.54) is 12.1 Å². The molecule has 0 amide bonds. The summed E-state index contributed by atoms with van der Waals surface area (Å²) >= 11 is 0. The molecule has 122 valence electrons. The number of aryl methyl sites for hydroxylation is 1. The van der Waals surface area contributed by atoms with Crippen LogP contribution in [0.3, 0.4) is 0 Å². The molecule has 1 aromatic heterocycles. The Balaban J connectivity index is 2.03. The Morgan fingerprint density at radius 1 is 1.13 bits per heavy atom. The smallest absolute Gasteiger partial charge is 0.131 e. The summed E-state index contributed by atoms with van der Waals surface area (Å²) < 4.78 is 27.7. The summed E-state index contributed by atoms with van der Waals surface area (Å²) in [6.45, 7) is 5.43. The third-order valence-corrected chi connectivity index (χ3v) is 4.21. The molecule has 1 fully saturated rings. The fourth-order valence-corrected chi connectivity index (χ4v) is 3.03. The molecule has 1 unspecified atom stereocenters. The number of aromatic nitrogens is 1. The highest BCUT2D eigenvalue weighted by Gasteiger charge is 2.26. The molecule has 1 aromatic carbocycles. The average Bonchev–Trinajstić information content (AvgIpc) is 2.81. The van der Waals surface area contributed by atoms with Crippen LogP contribution < -0.4 is 5.32 Å². The first kappa shape index (κ1) is 16.0. The molecule has 3 nitrogen and oxygen atoms in total. The molecule has 1 aliphatic heterocycles. The zero-order valence-electron chi connectivity index (χ0n) is 13.2. The Morgan fingerprint density at radius 2 is 2.00 bits per heavy atom.